The van der Waals surface area contributed by atoms with Crippen molar-refractivity contribution in [1.29, 1.82) is 0 Å². The summed E-state index contributed by atoms with van der Waals surface area (Å²) in [5.41, 5.74) is 4.32. The molecule has 0 saturated carbocycles. The molecule has 1 nitrogen and oxygen atoms in total. The highest BCUT2D eigenvalue weighted by atomic mass is 15.1. The van der Waals surface area contributed by atoms with E-state index in [9.17, 15) is 0 Å². The van der Waals surface area contributed by atoms with Gasteiger partial charge in [0, 0.05) is 18.8 Å². The third-order valence-corrected chi connectivity index (χ3v) is 2.76. The van der Waals surface area contributed by atoms with Gasteiger partial charge in [-0.2, -0.15) is 0 Å². The van der Waals surface area contributed by atoms with Crippen LogP contribution in [0.5, 0.6) is 0 Å². The van der Waals surface area contributed by atoms with Crippen LogP contribution < -0.4 is 0 Å². The van der Waals surface area contributed by atoms with Crippen LogP contribution in [0.4, 0.5) is 0 Å². The molecule has 0 aliphatic carbocycles. The van der Waals surface area contributed by atoms with Crippen LogP contribution in [-0.2, 0) is 13.1 Å². The fourth-order valence-electron chi connectivity index (χ4n) is 1.77. The number of rotatable bonds is 1. The molecule has 0 spiro atoms. The maximum Gasteiger partial charge on any atom is 0.0433 e. The molecule has 1 aromatic rings. The summed E-state index contributed by atoms with van der Waals surface area (Å²) in [7, 11) is 0. The van der Waals surface area contributed by atoms with Crippen molar-refractivity contribution >= 4 is 0 Å². The topological polar surface area (TPSA) is 3.24 Å². The average molecular weight is 173 g/mol. The molecule has 0 fully saturated rings. The van der Waals surface area contributed by atoms with Gasteiger partial charge in [-0.3, -0.25) is 0 Å². The maximum absolute atomic E-state index is 2.41. The largest absolute Gasteiger partial charge is 0.367 e. The molecular weight excluding hydrogens is 158 g/mol. The second-order valence-electron chi connectivity index (χ2n) is 3.55. The molecule has 1 heteroatoms. The van der Waals surface area contributed by atoms with E-state index in [-0.39, 0.29) is 0 Å². The first-order chi connectivity index (χ1) is 6.31. The summed E-state index contributed by atoms with van der Waals surface area (Å²) >= 11 is 0. The number of hydrogen-bond acceptors (Lipinski definition) is 1. The van der Waals surface area contributed by atoms with E-state index in [1.165, 1.54) is 16.8 Å². The number of hydrogen-bond donors (Lipinski definition) is 0. The summed E-state index contributed by atoms with van der Waals surface area (Å²) < 4.78 is 0. The SMILES string of the molecule is C/C=C(\C)N1Cc2ccccc2C1. The van der Waals surface area contributed by atoms with Crippen molar-refractivity contribution in [3.8, 4) is 0 Å². The fraction of sp³-hybridized carbons (Fsp3) is 0.333. The lowest BCUT2D eigenvalue weighted by Crippen LogP contribution is -2.12. The van der Waals surface area contributed by atoms with Gasteiger partial charge in [-0.15, -0.1) is 0 Å². The number of benzene rings is 1. The van der Waals surface area contributed by atoms with E-state index in [2.05, 4.69) is 49.1 Å². The highest BCUT2D eigenvalue weighted by Gasteiger charge is 2.17. The Kier molecular flexibility index (Phi) is 2.09. The molecule has 13 heavy (non-hydrogen) atoms. The Balaban J connectivity index is 2.23. The van der Waals surface area contributed by atoms with Crippen LogP contribution >= 0.6 is 0 Å². The molecule has 1 heterocycles. The molecule has 0 amide bonds. The van der Waals surface area contributed by atoms with Gasteiger partial charge in [-0.05, 0) is 25.0 Å². The van der Waals surface area contributed by atoms with Crippen molar-refractivity contribution in [2.45, 2.75) is 26.9 Å². The summed E-state index contributed by atoms with van der Waals surface area (Å²) in [6, 6.07) is 8.68. The first-order valence-corrected chi connectivity index (χ1v) is 4.76. The predicted octanol–water partition coefficient (Wildman–Crippen LogP) is 2.93. The molecule has 2 rings (SSSR count). The molecule has 1 aliphatic heterocycles. The lowest BCUT2D eigenvalue weighted by molar-refractivity contribution is 0.363. The fourth-order valence-corrected chi connectivity index (χ4v) is 1.77. The standard InChI is InChI=1S/C12H15N/c1-3-10(2)13-8-11-6-4-5-7-12(11)9-13/h3-7H,8-9H2,1-2H3/b10-3+. The van der Waals surface area contributed by atoms with Crippen LogP contribution in [0, 0.1) is 0 Å². The Hall–Kier alpha value is -1.24. The number of fused-ring (bicyclic) bond motifs is 1. The minimum atomic E-state index is 1.08. The first-order valence-electron chi connectivity index (χ1n) is 4.76. The van der Waals surface area contributed by atoms with Gasteiger partial charge in [0.2, 0.25) is 0 Å². The maximum atomic E-state index is 2.41. The average Bonchev–Trinajstić information content (AvgIpc) is 2.59. The molecule has 68 valence electrons. The van der Waals surface area contributed by atoms with Gasteiger partial charge in [0.15, 0.2) is 0 Å². The number of allylic oxidation sites excluding steroid dienone is 2. The Morgan fingerprint density at radius 1 is 1.23 bits per heavy atom. The van der Waals surface area contributed by atoms with E-state index in [4.69, 9.17) is 0 Å². The van der Waals surface area contributed by atoms with E-state index >= 15 is 0 Å². The van der Waals surface area contributed by atoms with Gasteiger partial charge in [0.05, 0.1) is 0 Å². The van der Waals surface area contributed by atoms with Crippen molar-refractivity contribution in [2.75, 3.05) is 0 Å². The van der Waals surface area contributed by atoms with Gasteiger partial charge in [0.1, 0.15) is 0 Å². The minimum absolute atomic E-state index is 1.08. The summed E-state index contributed by atoms with van der Waals surface area (Å²) in [4.78, 5) is 2.41. The van der Waals surface area contributed by atoms with Crippen molar-refractivity contribution in [3.63, 3.8) is 0 Å². The monoisotopic (exact) mass is 173 g/mol. The normalized spacial score (nSPS) is 16.2. The van der Waals surface area contributed by atoms with E-state index < -0.39 is 0 Å². The van der Waals surface area contributed by atoms with Crippen LogP contribution in [-0.4, -0.2) is 4.90 Å². The highest BCUT2D eigenvalue weighted by molar-refractivity contribution is 5.31. The minimum Gasteiger partial charge on any atom is -0.367 e. The summed E-state index contributed by atoms with van der Waals surface area (Å²) in [6.45, 7) is 6.42. The zero-order valence-electron chi connectivity index (χ0n) is 8.25. The quantitative estimate of drug-likeness (QED) is 0.631. The molecule has 1 aliphatic rings. The van der Waals surface area contributed by atoms with Crippen molar-refractivity contribution in [3.05, 3.63) is 47.2 Å². The van der Waals surface area contributed by atoms with Crippen LogP contribution in [0.3, 0.4) is 0 Å². The lowest BCUT2D eigenvalue weighted by atomic mass is 10.1. The molecule has 0 bridgehead atoms. The number of nitrogens with zero attached hydrogens (tertiary/aromatic N) is 1. The smallest absolute Gasteiger partial charge is 0.0433 e. The zero-order valence-corrected chi connectivity index (χ0v) is 8.25. The molecule has 0 unspecified atom stereocenters. The van der Waals surface area contributed by atoms with E-state index in [1.54, 1.807) is 0 Å². The summed E-state index contributed by atoms with van der Waals surface area (Å²) in [5.74, 6) is 0. The summed E-state index contributed by atoms with van der Waals surface area (Å²) in [6.07, 6.45) is 2.17. The van der Waals surface area contributed by atoms with Gasteiger partial charge in [0.25, 0.3) is 0 Å². The van der Waals surface area contributed by atoms with Crippen molar-refractivity contribution in [1.82, 2.24) is 4.90 Å². The van der Waals surface area contributed by atoms with Crippen LogP contribution in [0.1, 0.15) is 25.0 Å². The third kappa shape index (κ3) is 1.46. The molecule has 0 N–H and O–H groups in total. The molecular formula is C12H15N. The molecule has 0 saturated heterocycles. The Labute approximate surface area is 79.7 Å². The van der Waals surface area contributed by atoms with Gasteiger partial charge >= 0.3 is 0 Å². The Morgan fingerprint density at radius 3 is 2.23 bits per heavy atom. The van der Waals surface area contributed by atoms with E-state index in [0.29, 0.717) is 0 Å². The van der Waals surface area contributed by atoms with Crippen LogP contribution in [0.15, 0.2) is 36.0 Å². The van der Waals surface area contributed by atoms with Gasteiger partial charge < -0.3 is 4.90 Å². The second kappa shape index (κ2) is 3.25. The summed E-state index contributed by atoms with van der Waals surface area (Å²) in [5, 5.41) is 0. The lowest BCUT2D eigenvalue weighted by Gasteiger charge is -2.17. The molecule has 0 aromatic heterocycles. The Morgan fingerprint density at radius 2 is 1.77 bits per heavy atom. The highest BCUT2D eigenvalue weighted by Crippen LogP contribution is 2.25. The van der Waals surface area contributed by atoms with Crippen LogP contribution in [0.2, 0.25) is 0 Å². The second-order valence-corrected chi connectivity index (χ2v) is 3.55. The van der Waals surface area contributed by atoms with E-state index in [1.807, 2.05) is 0 Å². The van der Waals surface area contributed by atoms with Crippen molar-refractivity contribution < 1.29 is 0 Å². The Bertz CT molecular complexity index is 314. The van der Waals surface area contributed by atoms with Gasteiger partial charge in [-0.1, -0.05) is 30.3 Å². The zero-order chi connectivity index (χ0) is 9.26. The third-order valence-electron chi connectivity index (χ3n) is 2.76. The molecule has 0 radical (unpaired) electrons. The predicted molar refractivity (Wildman–Crippen MR) is 55.1 cm³/mol. The molecule has 1 aromatic carbocycles. The first kappa shape index (κ1) is 8.36. The van der Waals surface area contributed by atoms with E-state index in [0.717, 1.165) is 13.1 Å². The molecule has 0 atom stereocenters. The van der Waals surface area contributed by atoms with Gasteiger partial charge in [-0.25, -0.2) is 0 Å². The van der Waals surface area contributed by atoms with Crippen molar-refractivity contribution in [2.24, 2.45) is 0 Å². The van der Waals surface area contributed by atoms with Crippen LogP contribution in [0.25, 0.3) is 0 Å².